The van der Waals surface area contributed by atoms with Gasteiger partial charge in [0.2, 0.25) is 0 Å². The number of alkyl halides is 3. The minimum absolute atomic E-state index is 0.253. The van der Waals surface area contributed by atoms with Crippen molar-refractivity contribution in [1.29, 1.82) is 5.26 Å². The molecule has 116 valence electrons. The first-order valence-corrected chi connectivity index (χ1v) is 8.16. The molecule has 0 N–H and O–H groups in total. The van der Waals surface area contributed by atoms with Crippen LogP contribution in [0.3, 0.4) is 0 Å². The Bertz CT molecular complexity index is 942. The monoisotopic (exact) mass is 350 g/mol. The minimum Gasteiger partial charge on any atom is -0.235 e. The maximum absolute atomic E-state index is 12.8. The van der Waals surface area contributed by atoms with Gasteiger partial charge in [0.15, 0.2) is 0 Å². The molecule has 2 nitrogen and oxygen atoms in total. The van der Waals surface area contributed by atoms with E-state index in [2.05, 4.69) is 11.1 Å². The molecule has 0 aliphatic heterocycles. The van der Waals surface area contributed by atoms with Crippen LogP contribution in [0.5, 0.6) is 0 Å². The lowest BCUT2D eigenvalue weighted by molar-refractivity contribution is -0.137. The van der Waals surface area contributed by atoms with Crippen molar-refractivity contribution in [3.63, 3.8) is 0 Å². The summed E-state index contributed by atoms with van der Waals surface area (Å²) in [6.45, 7) is 1.96. The number of aryl methyl sites for hydroxylation is 1. The van der Waals surface area contributed by atoms with Gasteiger partial charge in [0.25, 0.3) is 0 Å². The molecule has 0 spiro atoms. The van der Waals surface area contributed by atoms with Gasteiger partial charge in [-0.1, -0.05) is 0 Å². The highest BCUT2D eigenvalue weighted by atomic mass is 32.1. The molecule has 0 radical (unpaired) electrons. The van der Waals surface area contributed by atoms with Crippen LogP contribution in [0.15, 0.2) is 30.3 Å². The van der Waals surface area contributed by atoms with Gasteiger partial charge in [-0.3, -0.25) is 0 Å². The number of nitriles is 1. The Morgan fingerprint density at radius 3 is 2.61 bits per heavy atom. The number of thiazole rings is 1. The van der Waals surface area contributed by atoms with Gasteiger partial charge in [0.05, 0.1) is 21.4 Å². The van der Waals surface area contributed by atoms with Crippen molar-refractivity contribution in [3.8, 4) is 6.07 Å². The summed E-state index contributed by atoms with van der Waals surface area (Å²) in [5, 5.41) is 9.75. The number of hydrogen-bond acceptors (Lipinski definition) is 4. The molecule has 7 heteroatoms. The van der Waals surface area contributed by atoms with Crippen LogP contribution in [-0.4, -0.2) is 4.98 Å². The highest BCUT2D eigenvalue weighted by Gasteiger charge is 2.30. The Hall–Kier alpha value is -2.17. The Labute approximate surface area is 138 Å². The van der Waals surface area contributed by atoms with Crippen molar-refractivity contribution >= 4 is 44.5 Å². The quantitative estimate of drug-likeness (QED) is 0.552. The summed E-state index contributed by atoms with van der Waals surface area (Å²) in [5.74, 6) is 0. The fraction of sp³-hybridized carbons (Fsp3) is 0.125. The molecule has 2 aromatic heterocycles. The Kier molecular flexibility index (Phi) is 3.96. The van der Waals surface area contributed by atoms with E-state index < -0.39 is 11.7 Å². The SMILES string of the molecule is Cc1ccc(C=C(C#N)c2nc3cc(C(F)(F)F)ccc3s2)s1. The third kappa shape index (κ3) is 3.28. The van der Waals surface area contributed by atoms with E-state index in [1.807, 2.05) is 19.1 Å². The Balaban J connectivity index is 2.05. The molecule has 3 rings (SSSR count). The van der Waals surface area contributed by atoms with E-state index in [0.717, 1.165) is 21.9 Å². The average Bonchev–Trinajstić information content (AvgIpc) is 3.08. The molecule has 23 heavy (non-hydrogen) atoms. The van der Waals surface area contributed by atoms with Crippen molar-refractivity contribution in [3.05, 3.63) is 50.7 Å². The van der Waals surface area contributed by atoms with E-state index in [0.29, 0.717) is 15.3 Å². The maximum Gasteiger partial charge on any atom is 0.416 e. The lowest BCUT2D eigenvalue weighted by Gasteiger charge is -2.04. The zero-order chi connectivity index (χ0) is 16.6. The smallest absolute Gasteiger partial charge is 0.235 e. The molecule has 0 saturated carbocycles. The molecule has 0 atom stereocenters. The highest BCUT2D eigenvalue weighted by molar-refractivity contribution is 7.19. The van der Waals surface area contributed by atoms with Crippen LogP contribution < -0.4 is 0 Å². The molecular formula is C16H9F3N2S2. The number of rotatable bonds is 2. The predicted octanol–water partition coefficient (Wildman–Crippen LogP) is 5.75. The van der Waals surface area contributed by atoms with Crippen molar-refractivity contribution in [2.45, 2.75) is 13.1 Å². The van der Waals surface area contributed by atoms with Gasteiger partial charge in [0, 0.05) is 9.75 Å². The first-order valence-electron chi connectivity index (χ1n) is 6.53. The third-order valence-electron chi connectivity index (χ3n) is 3.11. The molecule has 0 amide bonds. The van der Waals surface area contributed by atoms with Crippen LogP contribution >= 0.6 is 22.7 Å². The van der Waals surface area contributed by atoms with E-state index in [4.69, 9.17) is 0 Å². The number of benzene rings is 1. The molecule has 3 aromatic rings. The maximum atomic E-state index is 12.8. The largest absolute Gasteiger partial charge is 0.416 e. The molecule has 0 saturated heterocycles. The van der Waals surface area contributed by atoms with Crippen LogP contribution in [0.1, 0.15) is 20.3 Å². The van der Waals surface area contributed by atoms with E-state index in [-0.39, 0.29) is 5.52 Å². The average molecular weight is 350 g/mol. The number of allylic oxidation sites excluding steroid dienone is 1. The normalized spacial score (nSPS) is 12.6. The first kappa shape index (κ1) is 15.7. The zero-order valence-electron chi connectivity index (χ0n) is 11.8. The summed E-state index contributed by atoms with van der Waals surface area (Å²) in [5.41, 5.74) is -0.136. The van der Waals surface area contributed by atoms with Gasteiger partial charge in [-0.15, -0.1) is 22.7 Å². The first-order chi connectivity index (χ1) is 10.9. The lowest BCUT2D eigenvalue weighted by Crippen LogP contribution is -2.03. The molecule has 0 bridgehead atoms. The molecule has 0 aliphatic carbocycles. The number of aromatic nitrogens is 1. The van der Waals surface area contributed by atoms with Crippen LogP contribution in [0.4, 0.5) is 13.2 Å². The molecule has 0 aliphatic rings. The molecular weight excluding hydrogens is 341 g/mol. The fourth-order valence-corrected chi connectivity index (χ4v) is 3.77. The van der Waals surface area contributed by atoms with Gasteiger partial charge in [0.1, 0.15) is 11.1 Å². The molecule has 0 unspecified atom stereocenters. The summed E-state index contributed by atoms with van der Waals surface area (Å²) in [6, 6.07) is 9.35. The fourth-order valence-electron chi connectivity index (χ4n) is 2.03. The van der Waals surface area contributed by atoms with E-state index in [1.54, 1.807) is 6.08 Å². The summed E-state index contributed by atoms with van der Waals surface area (Å²) >= 11 is 2.75. The van der Waals surface area contributed by atoms with Crippen molar-refractivity contribution in [1.82, 2.24) is 4.98 Å². The summed E-state index contributed by atoms with van der Waals surface area (Å²) < 4.78 is 38.9. The van der Waals surface area contributed by atoms with Crippen molar-refractivity contribution in [2.24, 2.45) is 0 Å². The van der Waals surface area contributed by atoms with E-state index in [9.17, 15) is 18.4 Å². The number of nitrogens with zero attached hydrogens (tertiary/aromatic N) is 2. The van der Waals surface area contributed by atoms with Gasteiger partial charge in [-0.05, 0) is 43.3 Å². The minimum atomic E-state index is -4.40. The van der Waals surface area contributed by atoms with E-state index in [1.165, 1.54) is 28.7 Å². The summed E-state index contributed by atoms with van der Waals surface area (Å²) in [7, 11) is 0. The Morgan fingerprint density at radius 1 is 1.22 bits per heavy atom. The second kappa shape index (κ2) is 5.80. The number of thiophene rings is 1. The van der Waals surface area contributed by atoms with Gasteiger partial charge in [-0.2, -0.15) is 18.4 Å². The standard InChI is InChI=1S/C16H9F3N2S2/c1-9-2-4-12(22-9)6-10(8-20)15-21-13-7-11(16(17,18)19)3-5-14(13)23-15/h2-7H,1H3. The predicted molar refractivity (Wildman–Crippen MR) is 87.2 cm³/mol. The number of hydrogen-bond donors (Lipinski definition) is 0. The van der Waals surface area contributed by atoms with Crippen LogP contribution in [0.2, 0.25) is 0 Å². The molecule has 1 aromatic carbocycles. The van der Waals surface area contributed by atoms with Gasteiger partial charge >= 0.3 is 6.18 Å². The van der Waals surface area contributed by atoms with Crippen molar-refractivity contribution < 1.29 is 13.2 Å². The van der Waals surface area contributed by atoms with Crippen LogP contribution in [0, 0.1) is 18.3 Å². The van der Waals surface area contributed by atoms with E-state index >= 15 is 0 Å². The van der Waals surface area contributed by atoms with Gasteiger partial charge < -0.3 is 0 Å². The molecule has 0 fully saturated rings. The lowest BCUT2D eigenvalue weighted by atomic mass is 10.2. The second-order valence-corrected chi connectivity index (χ2v) is 7.17. The third-order valence-corrected chi connectivity index (χ3v) is 5.13. The number of halogens is 3. The Morgan fingerprint density at radius 2 is 2.00 bits per heavy atom. The summed E-state index contributed by atoms with van der Waals surface area (Å²) in [4.78, 5) is 6.22. The highest BCUT2D eigenvalue weighted by Crippen LogP contribution is 2.34. The zero-order valence-corrected chi connectivity index (χ0v) is 13.4. The van der Waals surface area contributed by atoms with Crippen molar-refractivity contribution in [2.75, 3.05) is 0 Å². The topological polar surface area (TPSA) is 36.7 Å². The molecule has 2 heterocycles. The van der Waals surface area contributed by atoms with Crippen LogP contribution in [0.25, 0.3) is 21.9 Å². The summed E-state index contributed by atoms with van der Waals surface area (Å²) in [6.07, 6.45) is -2.69. The second-order valence-electron chi connectivity index (χ2n) is 4.82. The van der Waals surface area contributed by atoms with Crippen LogP contribution in [-0.2, 0) is 6.18 Å². The van der Waals surface area contributed by atoms with Gasteiger partial charge in [-0.25, -0.2) is 4.98 Å². The number of fused-ring (bicyclic) bond motifs is 1.